The molecule has 2 aliphatic rings. The lowest BCUT2D eigenvalue weighted by atomic mass is 9.65. The Kier molecular flexibility index (Phi) is 2.95. The lowest BCUT2D eigenvalue weighted by molar-refractivity contribution is 0.126. The highest BCUT2D eigenvalue weighted by Gasteiger charge is 2.49. The molecule has 4 heteroatoms. The molecule has 0 radical (unpaired) electrons. The molecule has 1 saturated heterocycles. The number of hydrogen-bond acceptors (Lipinski definition) is 3. The molecule has 0 aromatic carbocycles. The van der Waals surface area contributed by atoms with Gasteiger partial charge in [0.2, 0.25) is 0 Å². The van der Waals surface area contributed by atoms with Crippen molar-refractivity contribution in [3.8, 4) is 0 Å². The highest BCUT2D eigenvalue weighted by molar-refractivity contribution is 7.09. The van der Waals surface area contributed by atoms with E-state index in [9.17, 15) is 4.79 Å². The highest BCUT2D eigenvalue weighted by Crippen LogP contribution is 2.52. The van der Waals surface area contributed by atoms with Crippen LogP contribution < -0.4 is 4.87 Å². The van der Waals surface area contributed by atoms with E-state index in [1.807, 2.05) is 6.92 Å². The highest BCUT2D eigenvalue weighted by atomic mass is 32.1. The first-order valence-corrected chi connectivity index (χ1v) is 8.01. The average Bonchev–Trinajstić information content (AvgIpc) is 2.64. The second kappa shape index (κ2) is 4.19. The van der Waals surface area contributed by atoms with Crippen molar-refractivity contribution in [1.29, 1.82) is 0 Å². The number of likely N-dealkylation sites (tertiary alicyclic amines) is 1. The van der Waals surface area contributed by atoms with Gasteiger partial charge < -0.3 is 4.98 Å². The molecule has 2 atom stereocenters. The number of hydrogen-bond donors (Lipinski definition) is 1. The number of aromatic nitrogens is 1. The van der Waals surface area contributed by atoms with E-state index < -0.39 is 0 Å². The number of nitrogens with zero attached hydrogens (tertiary/aromatic N) is 1. The van der Waals surface area contributed by atoms with Crippen LogP contribution in [-0.4, -0.2) is 22.5 Å². The minimum Gasteiger partial charge on any atom is -0.317 e. The largest absolute Gasteiger partial charge is 0.317 e. The Morgan fingerprint density at radius 1 is 1.37 bits per heavy atom. The van der Waals surface area contributed by atoms with E-state index in [0.717, 1.165) is 12.2 Å². The maximum atomic E-state index is 11.4. The number of aromatic amines is 1. The van der Waals surface area contributed by atoms with E-state index in [1.54, 1.807) is 0 Å². The fraction of sp³-hybridized carbons (Fsp3) is 0.800. The molecule has 1 aromatic heterocycles. The summed E-state index contributed by atoms with van der Waals surface area (Å²) in [5.41, 5.74) is 2.00. The van der Waals surface area contributed by atoms with Crippen LogP contribution in [0.5, 0.6) is 0 Å². The van der Waals surface area contributed by atoms with Crippen molar-refractivity contribution < 1.29 is 0 Å². The Morgan fingerprint density at radius 2 is 2.11 bits per heavy atom. The summed E-state index contributed by atoms with van der Waals surface area (Å²) in [5, 5.41) is 0. The van der Waals surface area contributed by atoms with Gasteiger partial charge in [0.1, 0.15) is 0 Å². The molecule has 2 unspecified atom stereocenters. The molecule has 1 N–H and O–H groups in total. The summed E-state index contributed by atoms with van der Waals surface area (Å²) in [6, 6.07) is 0.699. The van der Waals surface area contributed by atoms with E-state index >= 15 is 0 Å². The van der Waals surface area contributed by atoms with Gasteiger partial charge in [-0.3, -0.25) is 9.69 Å². The van der Waals surface area contributed by atoms with E-state index in [0.29, 0.717) is 16.9 Å². The van der Waals surface area contributed by atoms with Crippen LogP contribution in [0.25, 0.3) is 0 Å². The van der Waals surface area contributed by atoms with Crippen LogP contribution in [-0.2, 0) is 6.54 Å². The molecule has 1 aliphatic heterocycles. The topological polar surface area (TPSA) is 36.1 Å². The van der Waals surface area contributed by atoms with Crippen LogP contribution in [0.3, 0.4) is 0 Å². The summed E-state index contributed by atoms with van der Waals surface area (Å²) in [6.07, 6.45) is 3.95. The number of thiazole rings is 1. The molecular weight excluding hydrogens is 256 g/mol. The van der Waals surface area contributed by atoms with E-state index in [1.165, 1.54) is 42.0 Å². The zero-order chi connectivity index (χ0) is 13.8. The van der Waals surface area contributed by atoms with Crippen molar-refractivity contribution in [2.45, 2.75) is 59.5 Å². The molecule has 3 nitrogen and oxygen atoms in total. The Hall–Kier alpha value is -0.610. The van der Waals surface area contributed by atoms with Crippen LogP contribution in [0, 0.1) is 17.8 Å². The van der Waals surface area contributed by atoms with E-state index in [4.69, 9.17) is 0 Å². The van der Waals surface area contributed by atoms with Crippen molar-refractivity contribution in [1.82, 2.24) is 9.88 Å². The monoisotopic (exact) mass is 280 g/mol. The van der Waals surface area contributed by atoms with Crippen LogP contribution in [0.4, 0.5) is 0 Å². The van der Waals surface area contributed by atoms with Gasteiger partial charge in [-0.25, -0.2) is 0 Å². The number of nitrogens with one attached hydrogen (secondary N) is 1. The molecule has 0 amide bonds. The third-order valence-electron chi connectivity index (χ3n) is 4.79. The molecule has 1 aliphatic carbocycles. The van der Waals surface area contributed by atoms with Crippen molar-refractivity contribution in [2.75, 3.05) is 6.54 Å². The van der Waals surface area contributed by atoms with Gasteiger partial charge in [-0.05, 0) is 37.0 Å². The maximum absolute atomic E-state index is 11.4. The van der Waals surface area contributed by atoms with Gasteiger partial charge in [0.05, 0.1) is 0 Å². The third kappa shape index (κ3) is 2.52. The zero-order valence-corrected chi connectivity index (χ0v) is 13.2. The average molecular weight is 280 g/mol. The number of rotatable bonds is 2. The van der Waals surface area contributed by atoms with Crippen molar-refractivity contribution in [3.05, 3.63) is 20.2 Å². The summed E-state index contributed by atoms with van der Waals surface area (Å²) < 4.78 is 0. The Balaban J connectivity index is 1.81. The van der Waals surface area contributed by atoms with Gasteiger partial charge in [0.25, 0.3) is 0 Å². The van der Waals surface area contributed by atoms with Crippen LogP contribution >= 0.6 is 11.3 Å². The van der Waals surface area contributed by atoms with Crippen LogP contribution in [0.15, 0.2) is 4.79 Å². The first kappa shape index (κ1) is 13.4. The lowest BCUT2D eigenvalue weighted by Gasteiger charge is -2.39. The molecular formula is C15H24N2OS. The van der Waals surface area contributed by atoms with Crippen molar-refractivity contribution >= 4 is 11.3 Å². The standard InChI is InChI=1S/C15H24N2OS/c1-10-12(19-13(18)16-10)7-17-9-15(4)6-11(17)5-14(2,3)8-15/h11H,5-9H2,1-4H3,(H,16,18). The molecule has 2 fully saturated rings. The zero-order valence-electron chi connectivity index (χ0n) is 12.4. The summed E-state index contributed by atoms with van der Waals surface area (Å²) in [4.78, 5) is 18.2. The number of H-pyrrole nitrogens is 1. The third-order valence-corrected chi connectivity index (χ3v) is 5.76. The summed E-state index contributed by atoms with van der Waals surface area (Å²) in [7, 11) is 0. The van der Waals surface area contributed by atoms with Gasteiger partial charge in [-0.2, -0.15) is 0 Å². The fourth-order valence-corrected chi connectivity index (χ4v) is 5.40. The van der Waals surface area contributed by atoms with Gasteiger partial charge >= 0.3 is 4.87 Å². The molecule has 1 aromatic rings. The fourth-order valence-electron chi connectivity index (χ4n) is 4.53. The van der Waals surface area contributed by atoms with Gasteiger partial charge in [-0.1, -0.05) is 32.1 Å². The molecule has 2 heterocycles. The van der Waals surface area contributed by atoms with Gasteiger partial charge in [0, 0.05) is 29.7 Å². The summed E-state index contributed by atoms with van der Waals surface area (Å²) in [5.74, 6) is 0. The predicted molar refractivity (Wildman–Crippen MR) is 79.6 cm³/mol. The molecule has 0 spiro atoms. The molecule has 2 bridgehead atoms. The first-order valence-electron chi connectivity index (χ1n) is 7.19. The van der Waals surface area contributed by atoms with Crippen LogP contribution in [0.2, 0.25) is 0 Å². The molecule has 1 saturated carbocycles. The first-order chi connectivity index (χ1) is 8.76. The smallest absolute Gasteiger partial charge is 0.304 e. The van der Waals surface area contributed by atoms with E-state index in [-0.39, 0.29) is 4.87 Å². The number of aryl methyl sites for hydroxylation is 1. The van der Waals surface area contributed by atoms with Gasteiger partial charge in [-0.15, -0.1) is 0 Å². The Labute approximate surface area is 119 Å². The summed E-state index contributed by atoms with van der Waals surface area (Å²) in [6.45, 7) is 11.4. The molecule has 106 valence electrons. The maximum Gasteiger partial charge on any atom is 0.304 e. The molecule has 19 heavy (non-hydrogen) atoms. The summed E-state index contributed by atoms with van der Waals surface area (Å²) >= 11 is 1.38. The SMILES string of the molecule is Cc1[nH]c(=O)sc1CN1CC2(C)CC1CC(C)(C)C2. The Morgan fingerprint density at radius 3 is 2.74 bits per heavy atom. The quantitative estimate of drug-likeness (QED) is 0.903. The predicted octanol–water partition coefficient (Wildman–Crippen LogP) is 3.15. The molecule has 3 rings (SSSR count). The second-order valence-corrected chi connectivity index (χ2v) is 8.75. The van der Waals surface area contributed by atoms with E-state index in [2.05, 4.69) is 30.7 Å². The van der Waals surface area contributed by atoms with Crippen LogP contribution in [0.1, 0.15) is 50.6 Å². The minimum absolute atomic E-state index is 0.0845. The Bertz CT molecular complexity index is 545. The van der Waals surface area contributed by atoms with Crippen molar-refractivity contribution in [2.24, 2.45) is 10.8 Å². The lowest BCUT2D eigenvalue weighted by Crippen LogP contribution is -2.34. The number of fused-ring (bicyclic) bond motifs is 2. The normalized spacial score (nSPS) is 33.8. The van der Waals surface area contributed by atoms with Crippen molar-refractivity contribution in [3.63, 3.8) is 0 Å². The minimum atomic E-state index is 0.0845. The van der Waals surface area contributed by atoms with Gasteiger partial charge in [0.15, 0.2) is 0 Å². The second-order valence-electron chi connectivity index (χ2n) is 7.68.